The number of nitrogens with zero attached hydrogens (tertiary/aromatic N) is 3. The molecule has 2 aromatic rings. The molecule has 1 N–H and O–H groups in total. The zero-order valence-corrected chi connectivity index (χ0v) is 15.4. The number of pyridine rings is 1. The molecule has 1 aliphatic heterocycles. The van der Waals surface area contributed by atoms with Crippen LogP contribution in [0.3, 0.4) is 0 Å². The van der Waals surface area contributed by atoms with E-state index < -0.39 is 0 Å². The Bertz CT molecular complexity index is 725. The summed E-state index contributed by atoms with van der Waals surface area (Å²) in [7, 11) is 1.63. The predicted octanol–water partition coefficient (Wildman–Crippen LogP) is 2.15. The number of methoxy groups -OCH3 is 1. The molecule has 6 heteroatoms. The lowest BCUT2D eigenvalue weighted by molar-refractivity contribution is -0.117. The van der Waals surface area contributed by atoms with Crippen LogP contribution in [0, 0.1) is 6.92 Å². The van der Waals surface area contributed by atoms with Crippen LogP contribution in [-0.4, -0.2) is 60.5 Å². The second kappa shape index (κ2) is 8.78. The Hall–Kier alpha value is -2.44. The predicted molar refractivity (Wildman–Crippen MR) is 102 cm³/mol. The van der Waals surface area contributed by atoms with Gasteiger partial charge in [-0.3, -0.25) is 19.6 Å². The molecule has 0 unspecified atom stereocenters. The summed E-state index contributed by atoms with van der Waals surface area (Å²) in [6, 6.07) is 9.44. The highest BCUT2D eigenvalue weighted by Gasteiger charge is 2.19. The van der Waals surface area contributed by atoms with Gasteiger partial charge in [0.15, 0.2) is 0 Å². The number of hydrogen-bond acceptors (Lipinski definition) is 5. The molecule has 2 heterocycles. The van der Waals surface area contributed by atoms with E-state index in [1.807, 2.05) is 36.7 Å². The molecule has 26 heavy (non-hydrogen) atoms. The highest BCUT2D eigenvalue weighted by Crippen LogP contribution is 2.15. The summed E-state index contributed by atoms with van der Waals surface area (Å²) in [5.41, 5.74) is 3.35. The first-order valence-corrected chi connectivity index (χ1v) is 8.92. The Labute approximate surface area is 154 Å². The zero-order valence-electron chi connectivity index (χ0n) is 15.4. The van der Waals surface area contributed by atoms with Crippen LogP contribution < -0.4 is 10.1 Å². The number of nitrogens with one attached hydrogen (secondary N) is 1. The number of anilines is 1. The summed E-state index contributed by atoms with van der Waals surface area (Å²) in [5.74, 6) is 0.801. The van der Waals surface area contributed by atoms with E-state index in [9.17, 15) is 4.79 Å². The molecule has 0 atom stereocenters. The van der Waals surface area contributed by atoms with Gasteiger partial charge in [0, 0.05) is 50.8 Å². The molecule has 1 fully saturated rings. The molecule has 1 saturated heterocycles. The van der Waals surface area contributed by atoms with Crippen molar-refractivity contribution in [3.8, 4) is 5.75 Å². The molecule has 0 saturated carbocycles. The molecule has 0 aliphatic carbocycles. The maximum absolute atomic E-state index is 12.2. The fraction of sp³-hybridized carbons (Fsp3) is 0.400. The van der Waals surface area contributed by atoms with Crippen molar-refractivity contribution in [2.24, 2.45) is 0 Å². The number of aromatic nitrogens is 1. The van der Waals surface area contributed by atoms with Crippen molar-refractivity contribution in [2.75, 3.05) is 45.2 Å². The van der Waals surface area contributed by atoms with Crippen molar-refractivity contribution in [1.29, 1.82) is 0 Å². The quantitative estimate of drug-likeness (QED) is 0.861. The van der Waals surface area contributed by atoms with Gasteiger partial charge >= 0.3 is 0 Å². The van der Waals surface area contributed by atoms with Gasteiger partial charge in [0.05, 0.1) is 13.7 Å². The van der Waals surface area contributed by atoms with E-state index in [0.717, 1.165) is 44.2 Å². The SMILES string of the molecule is COc1ccc(NC(=O)CN2CCN(Cc3cnccc3C)CC2)cc1. The number of aryl methyl sites for hydroxylation is 1. The van der Waals surface area contributed by atoms with Crippen LogP contribution in [0.15, 0.2) is 42.7 Å². The molecule has 0 bridgehead atoms. The molecule has 138 valence electrons. The third-order valence-electron chi connectivity index (χ3n) is 4.75. The first-order chi connectivity index (χ1) is 12.6. The van der Waals surface area contributed by atoms with Gasteiger partial charge in [-0.1, -0.05) is 0 Å². The summed E-state index contributed by atoms with van der Waals surface area (Å²) in [6.07, 6.45) is 3.78. The van der Waals surface area contributed by atoms with Gasteiger partial charge in [0.2, 0.25) is 5.91 Å². The van der Waals surface area contributed by atoms with Gasteiger partial charge in [0.1, 0.15) is 5.75 Å². The summed E-state index contributed by atoms with van der Waals surface area (Å²) >= 11 is 0. The van der Waals surface area contributed by atoms with E-state index in [2.05, 4.69) is 33.1 Å². The molecular weight excluding hydrogens is 328 g/mol. The maximum Gasteiger partial charge on any atom is 0.238 e. The minimum absolute atomic E-state index is 0.0201. The highest BCUT2D eigenvalue weighted by atomic mass is 16.5. The van der Waals surface area contributed by atoms with E-state index in [-0.39, 0.29) is 5.91 Å². The lowest BCUT2D eigenvalue weighted by Crippen LogP contribution is -2.48. The summed E-state index contributed by atoms with van der Waals surface area (Å²) < 4.78 is 5.13. The van der Waals surface area contributed by atoms with Crippen LogP contribution in [-0.2, 0) is 11.3 Å². The first kappa shape index (κ1) is 18.4. The normalized spacial score (nSPS) is 15.6. The summed E-state index contributed by atoms with van der Waals surface area (Å²) in [6.45, 7) is 7.19. The number of carbonyl (C=O) groups is 1. The molecular formula is C20H26N4O2. The van der Waals surface area contributed by atoms with Gasteiger partial charge in [-0.05, 0) is 48.4 Å². The number of rotatable bonds is 6. The largest absolute Gasteiger partial charge is 0.497 e. The number of amides is 1. The maximum atomic E-state index is 12.2. The second-order valence-electron chi connectivity index (χ2n) is 6.63. The number of ether oxygens (including phenoxy) is 1. The van der Waals surface area contributed by atoms with Crippen LogP contribution in [0.5, 0.6) is 5.75 Å². The van der Waals surface area contributed by atoms with Crippen LogP contribution in [0.2, 0.25) is 0 Å². The fourth-order valence-electron chi connectivity index (χ4n) is 3.09. The van der Waals surface area contributed by atoms with E-state index in [4.69, 9.17) is 4.74 Å². The van der Waals surface area contributed by atoms with Gasteiger partial charge < -0.3 is 10.1 Å². The van der Waals surface area contributed by atoms with Crippen LogP contribution in [0.25, 0.3) is 0 Å². The van der Waals surface area contributed by atoms with Crippen LogP contribution in [0.1, 0.15) is 11.1 Å². The van der Waals surface area contributed by atoms with Gasteiger partial charge in [-0.25, -0.2) is 0 Å². The topological polar surface area (TPSA) is 57.7 Å². The highest BCUT2D eigenvalue weighted by molar-refractivity contribution is 5.92. The van der Waals surface area contributed by atoms with E-state index in [0.29, 0.717) is 6.54 Å². The Morgan fingerprint density at radius 1 is 1.12 bits per heavy atom. The second-order valence-corrected chi connectivity index (χ2v) is 6.63. The van der Waals surface area contributed by atoms with Gasteiger partial charge in [-0.2, -0.15) is 0 Å². The van der Waals surface area contributed by atoms with E-state index in [1.54, 1.807) is 7.11 Å². The summed E-state index contributed by atoms with van der Waals surface area (Å²) in [5, 5.41) is 2.94. The van der Waals surface area contributed by atoms with Crippen molar-refractivity contribution < 1.29 is 9.53 Å². The van der Waals surface area contributed by atoms with Crippen molar-refractivity contribution in [2.45, 2.75) is 13.5 Å². The lowest BCUT2D eigenvalue weighted by atomic mass is 10.1. The summed E-state index contributed by atoms with van der Waals surface area (Å²) in [4.78, 5) is 21.1. The van der Waals surface area contributed by atoms with E-state index >= 15 is 0 Å². The van der Waals surface area contributed by atoms with E-state index in [1.165, 1.54) is 11.1 Å². The Morgan fingerprint density at radius 3 is 2.46 bits per heavy atom. The van der Waals surface area contributed by atoms with Crippen molar-refractivity contribution in [3.05, 3.63) is 53.9 Å². The molecule has 1 aliphatic rings. The van der Waals surface area contributed by atoms with Crippen molar-refractivity contribution >= 4 is 11.6 Å². The molecule has 3 rings (SSSR count). The Kier molecular flexibility index (Phi) is 6.20. The monoisotopic (exact) mass is 354 g/mol. The average molecular weight is 354 g/mol. The van der Waals surface area contributed by atoms with Crippen LogP contribution in [0.4, 0.5) is 5.69 Å². The first-order valence-electron chi connectivity index (χ1n) is 8.92. The van der Waals surface area contributed by atoms with Crippen molar-refractivity contribution in [3.63, 3.8) is 0 Å². The molecule has 0 radical (unpaired) electrons. The number of piperazine rings is 1. The number of benzene rings is 1. The molecule has 1 aromatic carbocycles. The standard InChI is InChI=1S/C20H26N4O2/c1-16-7-8-21-13-17(16)14-23-9-11-24(12-10-23)15-20(25)22-18-3-5-19(26-2)6-4-18/h3-8,13H,9-12,14-15H2,1-2H3,(H,22,25). The number of carbonyl (C=O) groups excluding carboxylic acids is 1. The zero-order chi connectivity index (χ0) is 18.4. The Balaban J connectivity index is 1.43. The average Bonchev–Trinajstić information content (AvgIpc) is 2.66. The molecule has 0 spiro atoms. The van der Waals surface area contributed by atoms with Crippen molar-refractivity contribution in [1.82, 2.24) is 14.8 Å². The van der Waals surface area contributed by atoms with Crippen LogP contribution >= 0.6 is 0 Å². The Morgan fingerprint density at radius 2 is 1.81 bits per heavy atom. The number of hydrogen-bond donors (Lipinski definition) is 1. The third kappa shape index (κ3) is 5.03. The molecule has 1 amide bonds. The van der Waals surface area contributed by atoms with Gasteiger partial charge in [-0.15, -0.1) is 0 Å². The van der Waals surface area contributed by atoms with Gasteiger partial charge in [0.25, 0.3) is 0 Å². The lowest BCUT2D eigenvalue weighted by Gasteiger charge is -2.34. The minimum Gasteiger partial charge on any atom is -0.497 e. The fourth-order valence-corrected chi connectivity index (χ4v) is 3.09. The third-order valence-corrected chi connectivity index (χ3v) is 4.75. The molecule has 6 nitrogen and oxygen atoms in total. The molecule has 1 aromatic heterocycles. The smallest absolute Gasteiger partial charge is 0.238 e. The minimum atomic E-state index is 0.0201.